The number of amides is 1. The number of hydrogen-bond acceptors (Lipinski definition) is 6. The van der Waals surface area contributed by atoms with Gasteiger partial charge in [0.1, 0.15) is 4.88 Å². The molecule has 1 amide bonds. The van der Waals surface area contributed by atoms with E-state index in [2.05, 4.69) is 10.3 Å². The van der Waals surface area contributed by atoms with Crippen molar-refractivity contribution in [3.8, 4) is 11.5 Å². The summed E-state index contributed by atoms with van der Waals surface area (Å²) in [6.07, 6.45) is -0.251. The van der Waals surface area contributed by atoms with Crippen LogP contribution in [-0.2, 0) is 4.79 Å². The fourth-order valence-corrected chi connectivity index (χ4v) is 2.95. The van der Waals surface area contributed by atoms with Crippen molar-refractivity contribution in [2.75, 3.05) is 14.2 Å². The van der Waals surface area contributed by atoms with Gasteiger partial charge >= 0.3 is 5.97 Å². The number of aliphatic carboxylic acids is 1. The molecule has 1 heterocycles. The maximum atomic E-state index is 12.4. The topological polar surface area (TPSA) is 97.8 Å². The van der Waals surface area contributed by atoms with Gasteiger partial charge in [0, 0.05) is 0 Å². The predicted molar refractivity (Wildman–Crippen MR) is 88.9 cm³/mol. The highest BCUT2D eigenvalue weighted by molar-refractivity contribution is 7.11. The summed E-state index contributed by atoms with van der Waals surface area (Å²) in [4.78, 5) is 28.1. The van der Waals surface area contributed by atoms with Crippen LogP contribution in [0.3, 0.4) is 0 Å². The standard InChI is InChI=1S/C16H18N2O5S/c1-9-15(24-8-17-9)16(21)18-11(7-14(19)20)10-4-5-12(22-2)13(6-10)23-3/h4-6,8,11H,7H2,1-3H3,(H,18,21)(H,19,20). The van der Waals surface area contributed by atoms with E-state index in [0.717, 1.165) is 0 Å². The van der Waals surface area contributed by atoms with Crippen LogP contribution in [0.5, 0.6) is 11.5 Å². The number of methoxy groups -OCH3 is 2. The molecule has 0 saturated carbocycles. The molecule has 1 aromatic carbocycles. The second-order valence-electron chi connectivity index (χ2n) is 5.01. The fraction of sp³-hybridized carbons (Fsp3) is 0.312. The first-order chi connectivity index (χ1) is 11.5. The number of rotatable bonds is 7. The normalized spacial score (nSPS) is 11.6. The number of carboxylic acid groups (broad SMARTS) is 1. The van der Waals surface area contributed by atoms with Gasteiger partial charge in [-0.05, 0) is 24.6 Å². The second kappa shape index (κ2) is 7.78. The van der Waals surface area contributed by atoms with E-state index in [0.29, 0.717) is 27.6 Å². The lowest BCUT2D eigenvalue weighted by Gasteiger charge is -2.19. The zero-order chi connectivity index (χ0) is 17.7. The lowest BCUT2D eigenvalue weighted by molar-refractivity contribution is -0.137. The van der Waals surface area contributed by atoms with Gasteiger partial charge in [0.05, 0.1) is 37.9 Å². The van der Waals surface area contributed by atoms with E-state index in [1.54, 1.807) is 30.6 Å². The molecule has 7 nitrogen and oxygen atoms in total. The van der Waals surface area contributed by atoms with Crippen LogP contribution < -0.4 is 14.8 Å². The van der Waals surface area contributed by atoms with Crippen molar-refractivity contribution in [2.24, 2.45) is 0 Å². The van der Waals surface area contributed by atoms with E-state index in [-0.39, 0.29) is 12.3 Å². The van der Waals surface area contributed by atoms with Crippen LogP contribution in [0.2, 0.25) is 0 Å². The van der Waals surface area contributed by atoms with Gasteiger partial charge in [0.25, 0.3) is 5.91 Å². The average molecular weight is 350 g/mol. The lowest BCUT2D eigenvalue weighted by Crippen LogP contribution is -2.30. The molecule has 0 fully saturated rings. The van der Waals surface area contributed by atoms with Crippen LogP contribution in [0.25, 0.3) is 0 Å². The maximum absolute atomic E-state index is 12.4. The van der Waals surface area contributed by atoms with Crippen molar-refractivity contribution in [2.45, 2.75) is 19.4 Å². The van der Waals surface area contributed by atoms with Crippen molar-refractivity contribution >= 4 is 23.2 Å². The maximum Gasteiger partial charge on any atom is 0.305 e. The van der Waals surface area contributed by atoms with Gasteiger partial charge in [-0.1, -0.05) is 6.07 Å². The van der Waals surface area contributed by atoms with Crippen LogP contribution >= 0.6 is 11.3 Å². The molecule has 1 aromatic heterocycles. The third kappa shape index (κ3) is 4.02. The van der Waals surface area contributed by atoms with Crippen LogP contribution in [0.15, 0.2) is 23.7 Å². The Morgan fingerprint density at radius 2 is 2.00 bits per heavy atom. The van der Waals surface area contributed by atoms with Gasteiger partial charge in [-0.2, -0.15) is 0 Å². The van der Waals surface area contributed by atoms with Crippen molar-refractivity contribution in [1.82, 2.24) is 10.3 Å². The first-order valence-electron chi connectivity index (χ1n) is 7.11. The number of carbonyl (C=O) groups excluding carboxylic acids is 1. The van der Waals surface area contributed by atoms with Gasteiger partial charge in [-0.15, -0.1) is 11.3 Å². The van der Waals surface area contributed by atoms with E-state index in [1.807, 2.05) is 0 Å². The van der Waals surface area contributed by atoms with Crippen LogP contribution in [0, 0.1) is 6.92 Å². The van der Waals surface area contributed by atoms with Crippen molar-refractivity contribution in [3.05, 3.63) is 39.8 Å². The van der Waals surface area contributed by atoms with E-state index < -0.39 is 12.0 Å². The molecule has 0 aliphatic rings. The lowest BCUT2D eigenvalue weighted by atomic mass is 10.0. The highest BCUT2D eigenvalue weighted by Gasteiger charge is 2.22. The molecule has 128 valence electrons. The number of benzene rings is 1. The van der Waals surface area contributed by atoms with Gasteiger partial charge in [0.15, 0.2) is 11.5 Å². The molecule has 0 saturated heterocycles. The summed E-state index contributed by atoms with van der Waals surface area (Å²) in [6, 6.07) is 4.34. The summed E-state index contributed by atoms with van der Waals surface area (Å²) >= 11 is 1.21. The van der Waals surface area contributed by atoms with Gasteiger partial charge in [0.2, 0.25) is 0 Å². The molecule has 2 rings (SSSR count). The summed E-state index contributed by atoms with van der Waals surface area (Å²) in [5.74, 6) is -0.374. The Hall–Kier alpha value is -2.61. The summed E-state index contributed by atoms with van der Waals surface area (Å²) in [5, 5.41) is 11.9. The Labute approximate surface area is 143 Å². The minimum absolute atomic E-state index is 0.251. The average Bonchev–Trinajstić information content (AvgIpc) is 2.99. The number of carboxylic acids is 1. The number of thiazole rings is 1. The van der Waals surface area contributed by atoms with Gasteiger partial charge < -0.3 is 19.9 Å². The highest BCUT2D eigenvalue weighted by atomic mass is 32.1. The number of carbonyl (C=O) groups is 2. The Bertz CT molecular complexity index is 744. The number of ether oxygens (including phenoxy) is 2. The van der Waals surface area contributed by atoms with E-state index in [1.165, 1.54) is 25.6 Å². The molecule has 24 heavy (non-hydrogen) atoms. The van der Waals surface area contributed by atoms with E-state index in [4.69, 9.17) is 14.6 Å². The van der Waals surface area contributed by atoms with Gasteiger partial charge in [-0.25, -0.2) is 4.98 Å². The zero-order valence-electron chi connectivity index (χ0n) is 13.5. The minimum Gasteiger partial charge on any atom is -0.493 e. The number of nitrogens with zero attached hydrogens (tertiary/aromatic N) is 1. The Morgan fingerprint density at radius 1 is 1.29 bits per heavy atom. The van der Waals surface area contributed by atoms with E-state index >= 15 is 0 Å². The molecular weight excluding hydrogens is 332 g/mol. The molecule has 1 unspecified atom stereocenters. The second-order valence-corrected chi connectivity index (χ2v) is 5.86. The third-order valence-electron chi connectivity index (χ3n) is 3.45. The third-order valence-corrected chi connectivity index (χ3v) is 4.37. The fourth-order valence-electron chi connectivity index (χ4n) is 2.24. The summed E-state index contributed by atoms with van der Waals surface area (Å²) in [5.41, 5.74) is 2.80. The molecule has 0 aliphatic heterocycles. The molecule has 2 N–H and O–H groups in total. The largest absolute Gasteiger partial charge is 0.493 e. The van der Waals surface area contributed by atoms with Crippen LogP contribution in [-0.4, -0.2) is 36.2 Å². The molecular formula is C16H18N2O5S. The predicted octanol–water partition coefficient (Wildman–Crippen LogP) is 2.41. The molecule has 0 spiro atoms. The number of aromatic nitrogens is 1. The zero-order valence-corrected chi connectivity index (χ0v) is 14.3. The van der Waals surface area contributed by atoms with Crippen molar-refractivity contribution in [3.63, 3.8) is 0 Å². The molecule has 0 aliphatic carbocycles. The Kier molecular flexibility index (Phi) is 5.75. The number of hydrogen-bond donors (Lipinski definition) is 2. The number of aryl methyl sites for hydroxylation is 1. The molecule has 8 heteroatoms. The van der Waals surface area contributed by atoms with Gasteiger partial charge in [-0.3, -0.25) is 9.59 Å². The Morgan fingerprint density at radius 3 is 2.54 bits per heavy atom. The first kappa shape index (κ1) is 17.7. The summed E-state index contributed by atoms with van der Waals surface area (Å²) in [6.45, 7) is 1.73. The Balaban J connectivity index is 2.30. The van der Waals surface area contributed by atoms with Crippen LogP contribution in [0.1, 0.15) is 33.4 Å². The SMILES string of the molecule is COc1ccc(C(CC(=O)O)NC(=O)c2scnc2C)cc1OC. The molecule has 2 aromatic rings. The molecule has 0 bridgehead atoms. The molecule has 1 atom stereocenters. The van der Waals surface area contributed by atoms with Crippen LogP contribution in [0.4, 0.5) is 0 Å². The summed E-state index contributed by atoms with van der Waals surface area (Å²) in [7, 11) is 3.01. The monoisotopic (exact) mass is 350 g/mol. The smallest absolute Gasteiger partial charge is 0.305 e. The first-order valence-corrected chi connectivity index (χ1v) is 7.99. The molecule has 0 radical (unpaired) electrons. The van der Waals surface area contributed by atoms with Crippen molar-refractivity contribution < 1.29 is 24.2 Å². The quantitative estimate of drug-likeness (QED) is 0.796. The minimum atomic E-state index is -1.02. The van der Waals surface area contributed by atoms with Crippen molar-refractivity contribution in [1.29, 1.82) is 0 Å². The number of nitrogens with one attached hydrogen (secondary N) is 1. The summed E-state index contributed by atoms with van der Waals surface area (Å²) < 4.78 is 10.4. The van der Waals surface area contributed by atoms with E-state index in [9.17, 15) is 9.59 Å². The highest BCUT2D eigenvalue weighted by Crippen LogP contribution is 2.31.